The molecule has 6 nitrogen and oxygen atoms in total. The highest BCUT2D eigenvalue weighted by Gasteiger charge is 2.41. The smallest absolute Gasteiger partial charge is 0.170 e. The molecule has 0 unspecified atom stereocenters. The molecule has 2 atom stereocenters. The normalized spacial score (nSPS) is 17.6. The van der Waals surface area contributed by atoms with Crippen molar-refractivity contribution in [2.24, 2.45) is 0 Å². The lowest BCUT2D eigenvalue weighted by Crippen LogP contribution is -2.32. The molecule has 1 fully saturated rings. The van der Waals surface area contributed by atoms with Crippen molar-refractivity contribution >= 4 is 23.0 Å². The summed E-state index contributed by atoms with van der Waals surface area (Å²) in [6, 6.07) is 17.5. The molecule has 192 valence electrons. The first-order chi connectivity index (χ1) is 17.3. The van der Waals surface area contributed by atoms with E-state index in [-0.39, 0.29) is 12.1 Å². The fourth-order valence-corrected chi connectivity index (χ4v) is 5.76. The second-order valence-corrected chi connectivity index (χ2v) is 10.2. The molecule has 0 spiro atoms. The van der Waals surface area contributed by atoms with Crippen LogP contribution >= 0.6 is 12.2 Å². The molecule has 1 N–H and O–H groups in total. The summed E-state index contributed by atoms with van der Waals surface area (Å²) in [7, 11) is 4.24. The zero-order valence-electron chi connectivity index (χ0n) is 22.5. The van der Waals surface area contributed by atoms with E-state index in [2.05, 4.69) is 109 Å². The largest absolute Gasteiger partial charge is 0.372 e. The van der Waals surface area contributed by atoms with Crippen molar-refractivity contribution in [1.82, 2.24) is 24.7 Å². The van der Waals surface area contributed by atoms with Crippen LogP contribution in [0.4, 0.5) is 5.69 Å². The second-order valence-electron chi connectivity index (χ2n) is 9.83. The molecule has 4 rings (SSSR count). The molecule has 1 aliphatic heterocycles. The van der Waals surface area contributed by atoms with Gasteiger partial charge in [-0.25, -0.2) is 0 Å². The van der Waals surface area contributed by atoms with Crippen molar-refractivity contribution in [1.29, 1.82) is 0 Å². The van der Waals surface area contributed by atoms with E-state index in [1.54, 1.807) is 0 Å². The van der Waals surface area contributed by atoms with Crippen LogP contribution in [0.3, 0.4) is 0 Å². The number of benzene rings is 1. The lowest BCUT2D eigenvalue weighted by molar-refractivity contribution is 0.292. The first-order valence-corrected chi connectivity index (χ1v) is 13.4. The van der Waals surface area contributed by atoms with E-state index in [9.17, 15) is 0 Å². The molecule has 36 heavy (non-hydrogen) atoms. The van der Waals surface area contributed by atoms with Gasteiger partial charge in [-0.1, -0.05) is 6.07 Å². The lowest BCUT2D eigenvalue weighted by Gasteiger charge is -2.28. The van der Waals surface area contributed by atoms with Gasteiger partial charge in [-0.2, -0.15) is 0 Å². The number of aryl methyl sites for hydroxylation is 1. The standard InChI is InChI=1S/C29H40N6S/c1-7-33(8-2)23-13-15-24(16-14-23)35-21(3)20-25(22(35)4)28-27(26-12-9-10-17-30-26)31-29(36)34(28)19-11-18-32(5)6/h9-10,12-17,20,27-28H,7-8,11,18-19H2,1-6H3,(H,31,36)/t27-,28-/m0/s1. The topological polar surface area (TPSA) is 39.6 Å². The Bertz CT molecular complexity index is 1150. The fraction of sp³-hybridized carbons (Fsp3) is 0.448. The van der Waals surface area contributed by atoms with Crippen LogP contribution in [-0.2, 0) is 0 Å². The molecule has 0 radical (unpaired) electrons. The van der Waals surface area contributed by atoms with Gasteiger partial charge in [-0.3, -0.25) is 4.98 Å². The molecule has 3 heterocycles. The zero-order chi connectivity index (χ0) is 25.8. The molecule has 0 amide bonds. The Morgan fingerprint density at radius 3 is 2.36 bits per heavy atom. The molecule has 0 bridgehead atoms. The number of nitrogens with one attached hydrogen (secondary N) is 1. The van der Waals surface area contributed by atoms with Crippen molar-refractivity contribution in [2.45, 2.75) is 46.2 Å². The van der Waals surface area contributed by atoms with E-state index in [4.69, 9.17) is 17.2 Å². The van der Waals surface area contributed by atoms with Crippen LogP contribution < -0.4 is 10.2 Å². The third-order valence-corrected chi connectivity index (χ3v) is 7.58. The van der Waals surface area contributed by atoms with Crippen molar-refractivity contribution < 1.29 is 0 Å². The van der Waals surface area contributed by atoms with Gasteiger partial charge in [0.1, 0.15) is 0 Å². The van der Waals surface area contributed by atoms with Gasteiger partial charge in [0, 0.05) is 48.6 Å². The van der Waals surface area contributed by atoms with E-state index < -0.39 is 0 Å². The number of rotatable bonds is 10. The predicted octanol–water partition coefficient (Wildman–Crippen LogP) is 5.26. The highest BCUT2D eigenvalue weighted by molar-refractivity contribution is 7.80. The molecule has 7 heteroatoms. The summed E-state index contributed by atoms with van der Waals surface area (Å²) in [5, 5.41) is 4.41. The molecule has 0 saturated carbocycles. The summed E-state index contributed by atoms with van der Waals surface area (Å²) in [6.45, 7) is 12.8. The van der Waals surface area contributed by atoms with Crippen molar-refractivity contribution in [3.8, 4) is 5.69 Å². The first-order valence-electron chi connectivity index (χ1n) is 13.0. The molecule has 0 aliphatic carbocycles. The summed E-state index contributed by atoms with van der Waals surface area (Å²) in [5.41, 5.74) is 7.25. The van der Waals surface area contributed by atoms with Gasteiger partial charge in [0.2, 0.25) is 0 Å². The molecule has 1 saturated heterocycles. The summed E-state index contributed by atoms with van der Waals surface area (Å²) < 4.78 is 2.37. The highest BCUT2D eigenvalue weighted by Crippen LogP contribution is 2.41. The van der Waals surface area contributed by atoms with Crippen LogP contribution in [0.15, 0.2) is 54.7 Å². The quantitative estimate of drug-likeness (QED) is 0.380. The Balaban J connectivity index is 1.72. The van der Waals surface area contributed by atoms with Crippen LogP contribution in [0, 0.1) is 13.8 Å². The average Bonchev–Trinajstić information content (AvgIpc) is 3.35. The number of thiocarbonyl (C=S) groups is 1. The summed E-state index contributed by atoms with van der Waals surface area (Å²) in [6.07, 6.45) is 2.92. The van der Waals surface area contributed by atoms with E-state index in [0.717, 1.165) is 43.4 Å². The second kappa shape index (κ2) is 11.4. The van der Waals surface area contributed by atoms with Gasteiger partial charge >= 0.3 is 0 Å². The third kappa shape index (κ3) is 5.27. The minimum atomic E-state index is 0.0112. The summed E-state index contributed by atoms with van der Waals surface area (Å²) in [4.78, 5) is 11.7. The van der Waals surface area contributed by atoms with Crippen LogP contribution in [0.2, 0.25) is 0 Å². The van der Waals surface area contributed by atoms with E-state index in [1.165, 1.54) is 28.3 Å². The molecule has 1 aromatic carbocycles. The minimum absolute atomic E-state index is 0.0112. The van der Waals surface area contributed by atoms with Gasteiger partial charge in [0.15, 0.2) is 5.11 Å². The first kappa shape index (κ1) is 26.2. The average molecular weight is 505 g/mol. The monoisotopic (exact) mass is 504 g/mol. The van der Waals surface area contributed by atoms with E-state index in [0.29, 0.717) is 0 Å². The van der Waals surface area contributed by atoms with Crippen LogP contribution in [0.5, 0.6) is 0 Å². The molecule has 1 aliphatic rings. The SMILES string of the molecule is CCN(CC)c1ccc(-n2c(C)cc([C@H]3[C@H](c4ccccn4)NC(=S)N3CCCN(C)C)c2C)cc1. The lowest BCUT2D eigenvalue weighted by atomic mass is 9.96. The van der Waals surface area contributed by atoms with Gasteiger partial charge in [0.05, 0.1) is 17.8 Å². The minimum Gasteiger partial charge on any atom is -0.372 e. The van der Waals surface area contributed by atoms with Crippen molar-refractivity contribution in [2.75, 3.05) is 45.2 Å². The molecule has 3 aromatic rings. The van der Waals surface area contributed by atoms with E-state index >= 15 is 0 Å². The Morgan fingerprint density at radius 2 is 1.75 bits per heavy atom. The fourth-order valence-electron chi connectivity index (χ4n) is 5.43. The van der Waals surface area contributed by atoms with Gasteiger partial charge in [0.25, 0.3) is 0 Å². The number of hydrogen-bond acceptors (Lipinski definition) is 4. The predicted molar refractivity (Wildman–Crippen MR) is 154 cm³/mol. The molecular weight excluding hydrogens is 464 g/mol. The van der Waals surface area contributed by atoms with Crippen molar-refractivity contribution in [3.63, 3.8) is 0 Å². The Hall–Kier alpha value is -2.90. The Labute approximate surface area is 221 Å². The number of aromatic nitrogens is 2. The Morgan fingerprint density at radius 1 is 1.03 bits per heavy atom. The molecule has 2 aromatic heterocycles. The van der Waals surface area contributed by atoms with E-state index in [1.807, 2.05) is 12.3 Å². The van der Waals surface area contributed by atoms with Gasteiger partial charge in [-0.05, 0) is 115 Å². The number of nitrogens with zero attached hydrogens (tertiary/aromatic N) is 5. The maximum Gasteiger partial charge on any atom is 0.170 e. The zero-order valence-corrected chi connectivity index (χ0v) is 23.3. The van der Waals surface area contributed by atoms with Crippen LogP contribution in [0.1, 0.15) is 55.0 Å². The van der Waals surface area contributed by atoms with Crippen LogP contribution in [-0.4, -0.2) is 64.7 Å². The third-order valence-electron chi connectivity index (χ3n) is 7.23. The number of hydrogen-bond donors (Lipinski definition) is 1. The summed E-state index contributed by atoms with van der Waals surface area (Å²) >= 11 is 5.87. The Kier molecular flexibility index (Phi) is 8.32. The maximum absolute atomic E-state index is 5.87. The summed E-state index contributed by atoms with van der Waals surface area (Å²) in [5.74, 6) is 0. The highest BCUT2D eigenvalue weighted by atomic mass is 32.1. The van der Waals surface area contributed by atoms with Crippen molar-refractivity contribution in [3.05, 3.63) is 77.4 Å². The van der Waals surface area contributed by atoms with Gasteiger partial charge < -0.3 is 24.6 Å². The maximum atomic E-state index is 5.87. The number of pyridine rings is 1. The van der Waals surface area contributed by atoms with Crippen LogP contribution in [0.25, 0.3) is 5.69 Å². The number of anilines is 1. The molecular formula is C29H40N6S. The van der Waals surface area contributed by atoms with Gasteiger partial charge in [-0.15, -0.1) is 0 Å².